The van der Waals surface area contributed by atoms with E-state index in [1.54, 1.807) is 6.08 Å². The molecule has 0 aromatic rings. The molecule has 2 N–H and O–H groups in total. The quantitative estimate of drug-likeness (QED) is 0.378. The second-order valence-corrected chi connectivity index (χ2v) is 12.9. The molecule has 0 aromatic heterocycles. The number of hydrogen-bond acceptors (Lipinski definition) is 1. The van der Waals surface area contributed by atoms with Gasteiger partial charge in [-0.25, -0.2) is 0 Å². The second-order valence-electron chi connectivity index (χ2n) is 12.9. The standard InChI is InChI=1S/C26H43N.C3H6.2C2H6/c1-23(2)12-6-13-25(4)21(23)11-15-24(3)19-10-16-26(17-27)14-5-7-20(26)18(19)8-9-22(24)25;1-3-2;2*1-2/h6,12,18-22H,5,7-11,13-17,27H2,1-4H3;3H,1H2,2H3;2*1-2H3. The van der Waals surface area contributed by atoms with Crippen LogP contribution in [0.3, 0.4) is 0 Å². The number of nitrogens with two attached hydrogens (primary N) is 1. The van der Waals surface area contributed by atoms with E-state index >= 15 is 0 Å². The first-order valence-corrected chi connectivity index (χ1v) is 15.1. The molecule has 4 saturated carbocycles. The van der Waals surface area contributed by atoms with Gasteiger partial charge in [-0.1, -0.05) is 80.0 Å². The van der Waals surface area contributed by atoms with Gasteiger partial charge in [-0.05, 0) is 123 Å². The molecule has 8 atom stereocenters. The van der Waals surface area contributed by atoms with Crippen molar-refractivity contribution in [3.63, 3.8) is 0 Å². The van der Waals surface area contributed by atoms with Crippen LogP contribution < -0.4 is 5.73 Å². The van der Waals surface area contributed by atoms with Crippen LogP contribution in [-0.2, 0) is 0 Å². The highest BCUT2D eigenvalue weighted by Gasteiger charge is 2.64. The van der Waals surface area contributed by atoms with E-state index in [1.807, 2.05) is 34.6 Å². The minimum Gasteiger partial charge on any atom is -0.330 e. The Morgan fingerprint density at radius 1 is 0.824 bits per heavy atom. The van der Waals surface area contributed by atoms with Crippen LogP contribution in [0, 0.1) is 51.2 Å². The van der Waals surface area contributed by atoms with Crippen molar-refractivity contribution < 1.29 is 0 Å². The van der Waals surface area contributed by atoms with Crippen molar-refractivity contribution in [3.05, 3.63) is 24.8 Å². The predicted octanol–water partition coefficient (Wildman–Crippen LogP) is 9.82. The van der Waals surface area contributed by atoms with Crippen molar-refractivity contribution in [1.29, 1.82) is 0 Å². The van der Waals surface area contributed by atoms with Gasteiger partial charge in [-0.2, -0.15) is 0 Å². The molecule has 5 aliphatic rings. The molecule has 0 amide bonds. The van der Waals surface area contributed by atoms with Crippen LogP contribution in [0.15, 0.2) is 24.8 Å². The Kier molecular flexibility index (Phi) is 10.2. The van der Waals surface area contributed by atoms with Crippen LogP contribution in [0.1, 0.15) is 127 Å². The van der Waals surface area contributed by atoms with Gasteiger partial charge in [0.2, 0.25) is 0 Å². The lowest BCUT2D eigenvalue weighted by Gasteiger charge is -2.68. The van der Waals surface area contributed by atoms with Gasteiger partial charge >= 0.3 is 0 Å². The fourth-order valence-corrected chi connectivity index (χ4v) is 10.3. The Balaban J connectivity index is 0.000000531. The number of rotatable bonds is 1. The van der Waals surface area contributed by atoms with E-state index in [9.17, 15) is 0 Å². The molecule has 5 rings (SSSR count). The van der Waals surface area contributed by atoms with Crippen molar-refractivity contribution in [1.82, 2.24) is 0 Å². The lowest BCUT2D eigenvalue weighted by atomic mass is 9.37. The molecule has 0 heterocycles. The number of fused-ring (bicyclic) bond motifs is 7. The Morgan fingerprint density at radius 2 is 1.47 bits per heavy atom. The van der Waals surface area contributed by atoms with Crippen molar-refractivity contribution in [2.75, 3.05) is 6.54 Å². The molecule has 0 radical (unpaired) electrons. The molecular formula is C33H61N. The molecule has 0 spiro atoms. The Labute approximate surface area is 214 Å². The predicted molar refractivity (Wildman–Crippen MR) is 153 cm³/mol. The van der Waals surface area contributed by atoms with Gasteiger partial charge in [0.25, 0.3) is 0 Å². The van der Waals surface area contributed by atoms with Crippen LogP contribution in [0.2, 0.25) is 0 Å². The van der Waals surface area contributed by atoms with Crippen molar-refractivity contribution >= 4 is 0 Å². The highest BCUT2D eigenvalue weighted by atomic mass is 14.7. The Bertz CT molecular complexity index is 676. The summed E-state index contributed by atoms with van der Waals surface area (Å²) in [6.45, 7) is 24.7. The van der Waals surface area contributed by atoms with Crippen LogP contribution >= 0.6 is 0 Å². The third kappa shape index (κ3) is 4.73. The van der Waals surface area contributed by atoms with Crippen LogP contribution in [0.5, 0.6) is 0 Å². The smallest absolute Gasteiger partial charge is 0.00178 e. The second kappa shape index (κ2) is 11.7. The first-order valence-electron chi connectivity index (χ1n) is 15.1. The van der Waals surface area contributed by atoms with Gasteiger partial charge in [0.15, 0.2) is 0 Å². The maximum atomic E-state index is 6.40. The summed E-state index contributed by atoms with van der Waals surface area (Å²) in [5, 5.41) is 0. The maximum absolute atomic E-state index is 6.40. The average molecular weight is 472 g/mol. The lowest BCUT2D eigenvalue weighted by molar-refractivity contribution is -0.178. The van der Waals surface area contributed by atoms with E-state index in [2.05, 4.69) is 46.4 Å². The SMILES string of the molecule is C=CC.CC.CC.CC1(C)C=CCC2(C)C1CCC1(C)C3CCC4(CN)CCCC4C3CCC12. The van der Waals surface area contributed by atoms with Crippen LogP contribution in [-0.4, -0.2) is 6.54 Å². The summed E-state index contributed by atoms with van der Waals surface area (Å²) in [6.07, 6.45) is 21.4. The van der Waals surface area contributed by atoms with Crippen molar-refractivity contribution in [3.8, 4) is 0 Å². The van der Waals surface area contributed by atoms with E-state index in [-0.39, 0.29) is 0 Å². The first-order chi connectivity index (χ1) is 16.2. The molecular weight excluding hydrogens is 410 g/mol. The summed E-state index contributed by atoms with van der Waals surface area (Å²) in [5.41, 5.74) is 8.42. The molecule has 0 saturated heterocycles. The molecule has 1 heteroatoms. The van der Waals surface area contributed by atoms with Gasteiger partial charge < -0.3 is 5.73 Å². The summed E-state index contributed by atoms with van der Waals surface area (Å²) < 4.78 is 0. The van der Waals surface area contributed by atoms with Crippen LogP contribution in [0.25, 0.3) is 0 Å². The zero-order valence-electron chi connectivity index (χ0n) is 24.7. The monoisotopic (exact) mass is 471 g/mol. The van der Waals surface area contributed by atoms with Gasteiger partial charge in [0.05, 0.1) is 0 Å². The number of hydrogen-bond donors (Lipinski definition) is 1. The minimum absolute atomic E-state index is 0.387. The van der Waals surface area contributed by atoms with Crippen LogP contribution in [0.4, 0.5) is 0 Å². The first kappa shape index (κ1) is 29.7. The summed E-state index contributed by atoms with van der Waals surface area (Å²) >= 11 is 0. The van der Waals surface area contributed by atoms with E-state index < -0.39 is 0 Å². The summed E-state index contributed by atoms with van der Waals surface area (Å²) in [5.74, 6) is 4.72. The Hall–Kier alpha value is -0.560. The average Bonchev–Trinajstić information content (AvgIpc) is 3.26. The summed E-state index contributed by atoms with van der Waals surface area (Å²) in [6, 6.07) is 0. The van der Waals surface area contributed by atoms with Gasteiger partial charge in [-0.3, -0.25) is 0 Å². The van der Waals surface area contributed by atoms with E-state index in [4.69, 9.17) is 5.73 Å². The van der Waals surface area contributed by atoms with Gasteiger partial charge in [0.1, 0.15) is 0 Å². The third-order valence-electron chi connectivity index (χ3n) is 11.4. The maximum Gasteiger partial charge on any atom is -0.00178 e. The largest absolute Gasteiger partial charge is 0.330 e. The zero-order valence-corrected chi connectivity index (χ0v) is 24.7. The fourth-order valence-electron chi connectivity index (χ4n) is 10.3. The van der Waals surface area contributed by atoms with Crippen molar-refractivity contribution in [2.24, 2.45) is 57.0 Å². The Morgan fingerprint density at radius 3 is 2.09 bits per heavy atom. The molecule has 198 valence electrons. The highest BCUT2D eigenvalue weighted by Crippen LogP contribution is 2.72. The summed E-state index contributed by atoms with van der Waals surface area (Å²) in [4.78, 5) is 0. The molecule has 0 aliphatic heterocycles. The molecule has 0 aromatic carbocycles. The van der Waals surface area contributed by atoms with Crippen molar-refractivity contribution in [2.45, 2.75) is 127 Å². The minimum atomic E-state index is 0.387. The van der Waals surface area contributed by atoms with E-state index in [0.29, 0.717) is 21.7 Å². The number of allylic oxidation sites excluding steroid dienone is 3. The molecule has 4 fully saturated rings. The zero-order chi connectivity index (χ0) is 25.8. The highest BCUT2D eigenvalue weighted by molar-refractivity contribution is 5.18. The third-order valence-corrected chi connectivity index (χ3v) is 11.4. The lowest BCUT2D eigenvalue weighted by Crippen LogP contribution is -2.61. The topological polar surface area (TPSA) is 26.0 Å². The van der Waals surface area contributed by atoms with E-state index in [0.717, 1.165) is 36.1 Å². The fraction of sp³-hybridized carbons (Fsp3) is 0.879. The molecule has 0 bridgehead atoms. The molecule has 8 unspecified atom stereocenters. The normalized spacial score (nSPS) is 45.2. The molecule has 5 aliphatic carbocycles. The molecule has 34 heavy (non-hydrogen) atoms. The van der Waals surface area contributed by atoms with E-state index in [1.165, 1.54) is 64.2 Å². The molecule has 1 nitrogen and oxygen atoms in total. The summed E-state index contributed by atoms with van der Waals surface area (Å²) in [7, 11) is 0. The van der Waals surface area contributed by atoms with Gasteiger partial charge in [0, 0.05) is 0 Å². The van der Waals surface area contributed by atoms with Gasteiger partial charge in [-0.15, -0.1) is 6.58 Å².